The summed E-state index contributed by atoms with van der Waals surface area (Å²) in [6.45, 7) is 0.281. The van der Waals surface area contributed by atoms with Crippen molar-refractivity contribution >= 4 is 38.0 Å². The van der Waals surface area contributed by atoms with Crippen molar-refractivity contribution in [2.75, 3.05) is 12.3 Å². The molecule has 0 radical (unpaired) electrons. The zero-order valence-electron chi connectivity index (χ0n) is 9.66. The molecule has 2 aromatic heterocycles. The van der Waals surface area contributed by atoms with Crippen molar-refractivity contribution < 1.29 is 13.2 Å². The van der Waals surface area contributed by atoms with E-state index in [9.17, 15) is 13.2 Å². The Labute approximate surface area is 112 Å². The van der Waals surface area contributed by atoms with Gasteiger partial charge in [-0.1, -0.05) is 0 Å². The zero-order chi connectivity index (χ0) is 13.6. The average molecular weight is 301 g/mol. The van der Waals surface area contributed by atoms with Crippen LogP contribution in [-0.4, -0.2) is 36.3 Å². The van der Waals surface area contributed by atoms with Gasteiger partial charge in [-0.25, -0.2) is 18.1 Å². The Balaban J connectivity index is 1.97. The number of aromatic nitrogens is 2. The molecule has 3 rings (SSSR count). The standard InChI is InChI=1S/C9H11N5O3S2/c10-7-8(14-1-2-18-9(14)12-7)19(16,17)13-5-3-6(15)11-4-5/h1-2,5,13H,3-4,10H2,(H,11,15). The number of rotatable bonds is 3. The Bertz CT molecular complexity index is 747. The lowest BCUT2D eigenvalue weighted by molar-refractivity contribution is -0.119. The molecule has 0 aliphatic carbocycles. The van der Waals surface area contributed by atoms with Crippen LogP contribution in [0.1, 0.15) is 6.42 Å². The highest BCUT2D eigenvalue weighted by Crippen LogP contribution is 2.23. The highest BCUT2D eigenvalue weighted by Gasteiger charge is 2.30. The minimum absolute atomic E-state index is 0.0448. The Morgan fingerprint density at radius 3 is 3.05 bits per heavy atom. The van der Waals surface area contributed by atoms with Crippen molar-refractivity contribution in [3.63, 3.8) is 0 Å². The number of nitrogens with two attached hydrogens (primary N) is 1. The van der Waals surface area contributed by atoms with E-state index in [2.05, 4.69) is 15.0 Å². The Hall–Kier alpha value is -1.65. The molecule has 0 bridgehead atoms. The summed E-state index contributed by atoms with van der Waals surface area (Å²) < 4.78 is 28.5. The fourth-order valence-electron chi connectivity index (χ4n) is 2.01. The van der Waals surface area contributed by atoms with Crippen LogP contribution in [-0.2, 0) is 14.8 Å². The number of fused-ring (bicyclic) bond motifs is 1. The van der Waals surface area contributed by atoms with Crippen LogP contribution in [0.25, 0.3) is 4.96 Å². The summed E-state index contributed by atoms with van der Waals surface area (Å²) in [5, 5.41) is 4.21. The number of nitrogens with one attached hydrogen (secondary N) is 2. The molecule has 1 atom stereocenters. The quantitative estimate of drug-likeness (QED) is 0.682. The Kier molecular flexibility index (Phi) is 2.73. The van der Waals surface area contributed by atoms with E-state index in [-0.39, 0.29) is 29.7 Å². The van der Waals surface area contributed by atoms with E-state index in [0.29, 0.717) is 4.96 Å². The predicted molar refractivity (Wildman–Crippen MR) is 69.2 cm³/mol. The predicted octanol–water partition coefficient (Wildman–Crippen LogP) is -0.855. The number of carbonyl (C=O) groups excluding carboxylic acids is 1. The maximum atomic E-state index is 12.3. The van der Waals surface area contributed by atoms with Crippen molar-refractivity contribution in [2.24, 2.45) is 0 Å². The number of anilines is 1. The van der Waals surface area contributed by atoms with Crippen LogP contribution in [0.3, 0.4) is 0 Å². The van der Waals surface area contributed by atoms with Gasteiger partial charge >= 0.3 is 0 Å². The average Bonchev–Trinajstić information content (AvgIpc) is 2.93. The van der Waals surface area contributed by atoms with Crippen LogP contribution in [0, 0.1) is 0 Å². The number of imidazole rings is 1. The number of hydrogen-bond acceptors (Lipinski definition) is 6. The molecule has 1 unspecified atom stereocenters. The van der Waals surface area contributed by atoms with Crippen LogP contribution >= 0.6 is 11.3 Å². The lowest BCUT2D eigenvalue weighted by atomic mass is 10.3. The zero-order valence-corrected chi connectivity index (χ0v) is 11.3. The smallest absolute Gasteiger partial charge is 0.260 e. The molecule has 0 spiro atoms. The first-order chi connectivity index (χ1) is 8.97. The Morgan fingerprint density at radius 1 is 1.58 bits per heavy atom. The monoisotopic (exact) mass is 301 g/mol. The van der Waals surface area contributed by atoms with Gasteiger partial charge in [0.05, 0.1) is 0 Å². The summed E-state index contributed by atoms with van der Waals surface area (Å²) in [4.78, 5) is 15.6. The summed E-state index contributed by atoms with van der Waals surface area (Å²) in [6.07, 6.45) is 1.72. The molecule has 0 aromatic carbocycles. The van der Waals surface area contributed by atoms with Gasteiger partial charge in [-0.05, 0) is 0 Å². The SMILES string of the molecule is Nc1nc2sccn2c1S(=O)(=O)NC1CNC(=O)C1. The molecule has 1 fully saturated rings. The minimum atomic E-state index is -3.81. The highest BCUT2D eigenvalue weighted by atomic mass is 32.2. The van der Waals surface area contributed by atoms with E-state index in [1.54, 1.807) is 11.6 Å². The van der Waals surface area contributed by atoms with Crippen molar-refractivity contribution in [3.8, 4) is 0 Å². The molecule has 1 aliphatic rings. The van der Waals surface area contributed by atoms with Gasteiger partial charge in [0.15, 0.2) is 15.8 Å². The maximum Gasteiger partial charge on any atom is 0.260 e. The third kappa shape index (κ3) is 2.07. The molecule has 8 nitrogen and oxygen atoms in total. The van der Waals surface area contributed by atoms with E-state index in [1.807, 2.05) is 0 Å². The van der Waals surface area contributed by atoms with E-state index in [0.717, 1.165) is 0 Å². The van der Waals surface area contributed by atoms with Gasteiger partial charge in [-0.2, -0.15) is 0 Å². The second-order valence-corrected chi connectivity index (χ2v) is 6.69. The molecular formula is C9H11N5O3S2. The lowest BCUT2D eigenvalue weighted by Gasteiger charge is -2.10. The first-order valence-corrected chi connectivity index (χ1v) is 7.84. The second kappa shape index (κ2) is 4.18. The molecule has 3 heterocycles. The third-order valence-electron chi connectivity index (χ3n) is 2.80. The number of hydrogen-bond donors (Lipinski definition) is 3. The van der Waals surface area contributed by atoms with Crippen LogP contribution in [0.15, 0.2) is 16.6 Å². The van der Waals surface area contributed by atoms with Crippen LogP contribution < -0.4 is 15.8 Å². The van der Waals surface area contributed by atoms with E-state index in [4.69, 9.17) is 5.73 Å². The number of thiazole rings is 1. The van der Waals surface area contributed by atoms with Gasteiger partial charge in [0.1, 0.15) is 0 Å². The van der Waals surface area contributed by atoms with Crippen LogP contribution in [0.4, 0.5) is 5.82 Å². The summed E-state index contributed by atoms with van der Waals surface area (Å²) in [5.41, 5.74) is 5.66. The van der Waals surface area contributed by atoms with Gasteiger partial charge in [0.2, 0.25) is 5.91 Å². The fraction of sp³-hybridized carbons (Fsp3) is 0.333. The molecule has 102 valence electrons. The molecule has 1 saturated heterocycles. The first-order valence-electron chi connectivity index (χ1n) is 5.47. The van der Waals surface area contributed by atoms with E-state index >= 15 is 0 Å². The van der Waals surface area contributed by atoms with Gasteiger partial charge in [-0.15, -0.1) is 11.3 Å². The number of carbonyl (C=O) groups is 1. The molecule has 4 N–H and O–H groups in total. The van der Waals surface area contributed by atoms with E-state index < -0.39 is 16.1 Å². The normalized spacial score (nSPS) is 20.0. The minimum Gasteiger partial charge on any atom is -0.381 e. The lowest BCUT2D eigenvalue weighted by Crippen LogP contribution is -2.37. The number of sulfonamides is 1. The third-order valence-corrected chi connectivity index (χ3v) is 5.11. The van der Waals surface area contributed by atoms with Crippen LogP contribution in [0.5, 0.6) is 0 Å². The molecule has 1 aliphatic heterocycles. The van der Waals surface area contributed by atoms with Crippen molar-refractivity contribution in [1.82, 2.24) is 19.4 Å². The van der Waals surface area contributed by atoms with Crippen molar-refractivity contribution in [1.29, 1.82) is 0 Å². The van der Waals surface area contributed by atoms with Gasteiger partial charge in [0, 0.05) is 30.6 Å². The van der Waals surface area contributed by atoms with E-state index in [1.165, 1.54) is 15.7 Å². The molecule has 0 saturated carbocycles. The molecule has 2 aromatic rings. The number of amides is 1. The van der Waals surface area contributed by atoms with Gasteiger partial charge < -0.3 is 11.1 Å². The van der Waals surface area contributed by atoms with Crippen LogP contribution in [0.2, 0.25) is 0 Å². The number of nitrogen functional groups attached to an aromatic ring is 1. The summed E-state index contributed by atoms with van der Waals surface area (Å²) in [7, 11) is -3.81. The van der Waals surface area contributed by atoms with Gasteiger partial charge in [-0.3, -0.25) is 9.20 Å². The Morgan fingerprint density at radius 2 is 2.37 bits per heavy atom. The van der Waals surface area contributed by atoms with Crippen molar-refractivity contribution in [3.05, 3.63) is 11.6 Å². The first kappa shape index (κ1) is 12.4. The summed E-state index contributed by atoms with van der Waals surface area (Å²) >= 11 is 1.29. The fourth-order valence-corrected chi connectivity index (χ4v) is 4.24. The topological polar surface area (TPSA) is 119 Å². The molecule has 1 amide bonds. The summed E-state index contributed by atoms with van der Waals surface area (Å²) in [6, 6.07) is -0.457. The largest absolute Gasteiger partial charge is 0.381 e. The molecule has 19 heavy (non-hydrogen) atoms. The summed E-state index contributed by atoms with van der Waals surface area (Å²) in [5.74, 6) is -0.216. The molecular weight excluding hydrogens is 290 g/mol. The second-order valence-electron chi connectivity index (χ2n) is 4.18. The highest BCUT2D eigenvalue weighted by molar-refractivity contribution is 7.89. The molecule has 10 heteroatoms. The van der Waals surface area contributed by atoms with Crippen molar-refractivity contribution in [2.45, 2.75) is 17.5 Å². The maximum absolute atomic E-state index is 12.3. The van der Waals surface area contributed by atoms with Gasteiger partial charge in [0.25, 0.3) is 10.0 Å². The number of nitrogens with zero attached hydrogens (tertiary/aromatic N) is 2.